The van der Waals surface area contributed by atoms with E-state index in [4.69, 9.17) is 43.6 Å². The largest absolute Gasteiger partial charge is 0.486 e. The quantitative estimate of drug-likeness (QED) is 0.0154. The van der Waals surface area contributed by atoms with Crippen LogP contribution < -0.4 is 47.3 Å². The number of nitrogens with one attached hydrogen (secondary N) is 6. The molecule has 2 aliphatic heterocycles. The zero-order chi connectivity index (χ0) is 78.8. The Kier molecular flexibility index (Phi) is 28.6. The number of urea groups is 1. The van der Waals surface area contributed by atoms with Crippen LogP contribution in [0.3, 0.4) is 0 Å². The van der Waals surface area contributed by atoms with E-state index in [-0.39, 0.29) is 128 Å². The number of hydrogen-bond acceptors (Lipinski definition) is 18. The summed E-state index contributed by atoms with van der Waals surface area (Å²) in [6.07, 6.45) is 1.44. The number of fused-ring (bicyclic) bond motifs is 9. The van der Waals surface area contributed by atoms with Crippen molar-refractivity contribution >= 4 is 76.3 Å². The van der Waals surface area contributed by atoms with Gasteiger partial charge in [0.05, 0.1) is 77.3 Å². The molecule has 110 heavy (non-hydrogen) atoms. The predicted molar refractivity (Wildman–Crippen MR) is 404 cm³/mol. The Balaban J connectivity index is 0.585. The number of anilines is 2. The lowest BCUT2D eigenvalue weighted by Gasteiger charge is -2.63. The van der Waals surface area contributed by atoms with Crippen LogP contribution in [0.2, 0.25) is 0 Å². The zero-order valence-electron chi connectivity index (χ0n) is 63.0. The van der Waals surface area contributed by atoms with Gasteiger partial charge in [-0.1, -0.05) is 99.7 Å². The van der Waals surface area contributed by atoms with E-state index >= 15 is 8.78 Å². The number of nitrogens with two attached hydrogens (primary N) is 1. The van der Waals surface area contributed by atoms with Crippen molar-refractivity contribution in [2.24, 2.45) is 28.4 Å². The summed E-state index contributed by atoms with van der Waals surface area (Å²) in [7, 11) is 0. The fourth-order valence-corrected chi connectivity index (χ4v) is 16.1. The SMILES string of the molecule is C=C(C)[C@H](NC(=O)CCOCCOCCOCCOCCNC(=O)CCC(=O)N1Cc2ccccc2C(C)=Cc2ccccc21)C(=O)N[C@@H](CCCNC(N)=O)C(=O)Nc1ccc(COC(=O)NCc2ccc(OCC(=O)[C@@]34OC(CCC)O[C@@H]3C[C@H]3[C@@H]5C[C@H](F)C6=CC(=O)C=C[C@]6(C)[C@@]5(F)[C@@H](O)C[C@@]34C)cc2)cc1. The molecule has 592 valence electrons. The number of para-hydroxylation sites is 1. The monoisotopic (exact) mass is 1520 g/mol. The fourth-order valence-electron chi connectivity index (χ4n) is 16.1. The van der Waals surface area contributed by atoms with Gasteiger partial charge in [0.25, 0.3) is 0 Å². The molecule has 9 N–H and O–H groups in total. The molecule has 8 amide bonds. The number of primary amides is 1. The number of aliphatic hydroxyl groups excluding tert-OH is 1. The number of hydrogen-bond donors (Lipinski definition) is 8. The first-order chi connectivity index (χ1) is 52.8. The minimum Gasteiger partial charge on any atom is -0.486 e. The van der Waals surface area contributed by atoms with Crippen molar-refractivity contribution in [3.05, 3.63) is 161 Å². The van der Waals surface area contributed by atoms with Gasteiger partial charge in [-0.25, -0.2) is 18.4 Å². The maximum absolute atomic E-state index is 18.0. The number of ketones is 2. The number of benzene rings is 4. The van der Waals surface area contributed by atoms with Crippen LogP contribution in [0.15, 0.2) is 133 Å². The van der Waals surface area contributed by atoms with E-state index in [2.05, 4.69) is 57.5 Å². The number of aliphatic hydroxyl groups is 1. The number of Topliss-reactive ketones (excluding diaryl/α,β-unsaturated/α-hetero) is 1. The number of amides is 8. The van der Waals surface area contributed by atoms with Crippen molar-refractivity contribution in [2.45, 2.75) is 167 Å². The molecule has 10 rings (SSSR count). The highest BCUT2D eigenvalue weighted by Gasteiger charge is 2.80. The zero-order valence-corrected chi connectivity index (χ0v) is 63.0. The Bertz CT molecular complexity index is 4080. The van der Waals surface area contributed by atoms with E-state index in [1.807, 2.05) is 49.4 Å². The molecule has 28 heteroatoms. The van der Waals surface area contributed by atoms with Gasteiger partial charge < -0.3 is 85.5 Å². The van der Waals surface area contributed by atoms with Crippen molar-refractivity contribution in [3.63, 3.8) is 0 Å². The van der Waals surface area contributed by atoms with Crippen LogP contribution in [0.5, 0.6) is 5.75 Å². The van der Waals surface area contributed by atoms with Crippen LogP contribution in [0.25, 0.3) is 11.6 Å². The number of halogens is 2. The van der Waals surface area contributed by atoms with Crippen molar-refractivity contribution in [1.29, 1.82) is 0 Å². The Morgan fingerprint density at radius 2 is 1.45 bits per heavy atom. The Hall–Kier alpha value is -9.55. The molecule has 6 aliphatic rings. The van der Waals surface area contributed by atoms with Gasteiger partial charge in [-0.05, 0) is 158 Å². The fraction of sp³-hybridized carbons (Fsp3) is 0.500. The van der Waals surface area contributed by atoms with Crippen molar-refractivity contribution in [3.8, 4) is 5.75 Å². The molecule has 4 aliphatic carbocycles. The first kappa shape index (κ1) is 82.9. The van der Waals surface area contributed by atoms with Gasteiger partial charge in [0.15, 0.2) is 23.3 Å². The van der Waals surface area contributed by atoms with E-state index in [9.17, 15) is 48.3 Å². The highest BCUT2D eigenvalue weighted by Crippen LogP contribution is 2.72. The van der Waals surface area contributed by atoms with Gasteiger partial charge >= 0.3 is 12.1 Å². The minimum atomic E-state index is -2.34. The summed E-state index contributed by atoms with van der Waals surface area (Å²) in [5, 5.41) is 28.1. The lowest BCUT2D eigenvalue weighted by Crippen LogP contribution is -2.71. The molecule has 4 fully saturated rings. The first-order valence-electron chi connectivity index (χ1n) is 37.7. The molecule has 12 atom stereocenters. The molecule has 1 saturated heterocycles. The second-order valence-electron chi connectivity index (χ2n) is 29.2. The van der Waals surface area contributed by atoms with Gasteiger partial charge in [-0.15, -0.1) is 0 Å². The third-order valence-corrected chi connectivity index (χ3v) is 21.7. The number of nitrogens with zero attached hydrogens (tertiary/aromatic N) is 1. The third-order valence-electron chi connectivity index (χ3n) is 21.7. The van der Waals surface area contributed by atoms with Gasteiger partial charge in [0.2, 0.25) is 35.3 Å². The molecule has 26 nitrogen and oxygen atoms in total. The second kappa shape index (κ2) is 37.9. The maximum atomic E-state index is 18.0. The van der Waals surface area contributed by atoms with Gasteiger partial charge in [0.1, 0.15) is 37.2 Å². The highest BCUT2D eigenvalue weighted by molar-refractivity contribution is 6.02. The van der Waals surface area contributed by atoms with Crippen LogP contribution >= 0.6 is 0 Å². The van der Waals surface area contributed by atoms with Gasteiger partial charge in [-0.2, -0.15) is 0 Å². The number of carbonyl (C=O) groups excluding carboxylic acids is 9. The summed E-state index contributed by atoms with van der Waals surface area (Å²) in [4.78, 5) is 120. The Morgan fingerprint density at radius 1 is 0.764 bits per heavy atom. The van der Waals surface area contributed by atoms with E-state index in [0.29, 0.717) is 67.3 Å². The third kappa shape index (κ3) is 19.6. The highest BCUT2D eigenvalue weighted by atomic mass is 19.1. The van der Waals surface area contributed by atoms with Crippen molar-refractivity contribution < 1.29 is 94.9 Å². The average Bonchev–Trinajstić information content (AvgIpc) is 1.44. The molecular formula is C82H102F2N8O18. The summed E-state index contributed by atoms with van der Waals surface area (Å²) in [5.74, 6) is -4.45. The lowest BCUT2D eigenvalue weighted by molar-refractivity contribution is -0.234. The number of carbonyl (C=O) groups is 9. The molecule has 0 aromatic heterocycles. The van der Waals surface area contributed by atoms with Crippen LogP contribution in [0, 0.1) is 22.7 Å². The topological polar surface area (TPSA) is 349 Å². The number of ether oxygens (including phenoxy) is 8. The summed E-state index contributed by atoms with van der Waals surface area (Å²) in [6.45, 7) is 14.9. The first-order valence-corrected chi connectivity index (χ1v) is 37.7. The molecule has 1 unspecified atom stereocenters. The molecule has 0 spiro atoms. The Morgan fingerprint density at radius 3 is 2.15 bits per heavy atom. The van der Waals surface area contributed by atoms with E-state index in [0.717, 1.165) is 34.0 Å². The van der Waals surface area contributed by atoms with Crippen LogP contribution in [-0.2, 0) is 86.4 Å². The van der Waals surface area contributed by atoms with Gasteiger partial charge in [0, 0.05) is 61.3 Å². The summed E-state index contributed by atoms with van der Waals surface area (Å²) in [5.41, 5.74) is 5.36. The number of alkyl halides is 2. The molecule has 0 bridgehead atoms. The lowest BCUT2D eigenvalue weighted by atomic mass is 9.44. The average molecular weight is 1530 g/mol. The van der Waals surface area contributed by atoms with Crippen LogP contribution in [0.4, 0.5) is 29.7 Å². The van der Waals surface area contributed by atoms with Crippen LogP contribution in [-0.4, -0.2) is 179 Å². The number of allylic oxidation sites excluding steroid dienone is 5. The molecule has 0 radical (unpaired) electrons. The second-order valence-corrected chi connectivity index (χ2v) is 29.2. The number of rotatable bonds is 38. The summed E-state index contributed by atoms with van der Waals surface area (Å²) in [6, 6.07) is 25.7. The predicted octanol–water partition coefficient (Wildman–Crippen LogP) is 8.66. The van der Waals surface area contributed by atoms with E-state index < -0.39 is 119 Å². The summed E-state index contributed by atoms with van der Waals surface area (Å²) < 4.78 is 81.0. The molecular weight excluding hydrogens is 1420 g/mol. The summed E-state index contributed by atoms with van der Waals surface area (Å²) >= 11 is 0. The normalized spacial score (nSPS) is 24.6. The van der Waals surface area contributed by atoms with Crippen molar-refractivity contribution in [2.75, 3.05) is 82.8 Å². The van der Waals surface area contributed by atoms with E-state index in [1.54, 1.807) is 67.3 Å². The molecule has 2 heterocycles. The van der Waals surface area contributed by atoms with Crippen molar-refractivity contribution in [1.82, 2.24) is 26.6 Å². The smallest absolute Gasteiger partial charge is 0.407 e. The minimum absolute atomic E-state index is 0.00944. The number of alkyl carbamates (subject to hydrolysis) is 1. The standard InChI is InChI=1S/C82H102F2N8O18/c1-7-13-73-109-69-45-61-62-44-64(83)63-43-58(93)29-31-79(63,5)81(62,84)67(94)46-80(61,6)82(69,110-73)68(95)50-107-59-25-21-53(22-26-59)47-88-78(102)108-49-54-19-23-57(24-20-54)89-75(99)65(17-12-32-87-77(85)101)90-76(100)74(51(2)3)91-71(97)30-34-103-36-38-105-40-41-106-39-37-104-35-33-86-70(96)27-28-72(98)92-48-56-15-8-10-16-60(56)52(4)42-55-14-9-11-18-66(55)92/h8-11,14-16,18-26,29,31,42-43,61-62,64-65,67,69,73-74,94H,2,7,12-13,17,27-28,30,32-41,44-50H2,1,3-6H3,(H,86,96)(H,88,102)(H,89,99)(H,90,100)(H,91,97)(H3,85,87,101)/t61-,62-,64-,65-,67-,69+,73?,74-,79-,80-,81-,82+/m0/s1. The van der Waals surface area contributed by atoms with E-state index in [1.165, 1.54) is 19.1 Å². The van der Waals surface area contributed by atoms with Gasteiger partial charge in [-0.3, -0.25) is 33.6 Å². The molecule has 4 aromatic rings. The molecule has 3 saturated carbocycles. The maximum Gasteiger partial charge on any atom is 0.407 e. The van der Waals surface area contributed by atoms with Crippen LogP contribution in [0.1, 0.15) is 127 Å². The molecule has 4 aromatic carbocycles. The Labute approximate surface area is 639 Å².